The molecule has 6 nitrogen and oxygen atoms in total. The molecule has 2 heterocycles. The van der Waals surface area contributed by atoms with Crippen LogP contribution in [0.3, 0.4) is 0 Å². The molecule has 4 N–H and O–H groups in total. The van der Waals surface area contributed by atoms with Crippen molar-refractivity contribution < 1.29 is 9.90 Å². The minimum atomic E-state index is -1.04. The van der Waals surface area contributed by atoms with Crippen LogP contribution in [0.5, 0.6) is 0 Å². The van der Waals surface area contributed by atoms with Gasteiger partial charge in [0.05, 0.1) is 5.69 Å². The minimum absolute atomic E-state index is 0.0117. The fraction of sp³-hybridized carbons (Fsp3) is 0.538. The molecule has 104 valence electrons. The monoisotopic (exact) mass is 264 g/mol. The molecule has 2 unspecified atom stereocenters. The number of carbonyl (C=O) groups is 1. The topological polar surface area (TPSA) is 91.5 Å². The van der Waals surface area contributed by atoms with Gasteiger partial charge in [0.1, 0.15) is 5.82 Å². The quantitative estimate of drug-likeness (QED) is 0.761. The number of carboxylic acid groups (broad SMARTS) is 1. The van der Waals surface area contributed by atoms with Gasteiger partial charge in [-0.1, -0.05) is 0 Å². The van der Waals surface area contributed by atoms with Gasteiger partial charge in [0.2, 0.25) is 0 Å². The summed E-state index contributed by atoms with van der Waals surface area (Å²) in [6.45, 7) is 3.19. The molecule has 2 rings (SSSR count). The van der Waals surface area contributed by atoms with Gasteiger partial charge in [-0.2, -0.15) is 0 Å². The predicted molar refractivity (Wildman–Crippen MR) is 74.3 cm³/mol. The normalized spacial score (nSPS) is 24.1. The Hall–Kier alpha value is -1.82. The van der Waals surface area contributed by atoms with Crippen molar-refractivity contribution in [3.63, 3.8) is 0 Å². The molecular formula is C13H20N4O2. The van der Waals surface area contributed by atoms with E-state index in [2.05, 4.69) is 29.2 Å². The summed E-state index contributed by atoms with van der Waals surface area (Å²) in [4.78, 5) is 17.3. The molecule has 0 amide bonds. The first-order valence-corrected chi connectivity index (χ1v) is 6.44. The molecule has 1 aromatic heterocycles. The van der Waals surface area contributed by atoms with Gasteiger partial charge in [-0.25, -0.2) is 9.78 Å². The van der Waals surface area contributed by atoms with Crippen molar-refractivity contribution in [2.24, 2.45) is 0 Å². The molecule has 6 heteroatoms. The summed E-state index contributed by atoms with van der Waals surface area (Å²) in [5, 5.41) is 12.2. The Kier molecular flexibility index (Phi) is 3.90. The highest BCUT2D eigenvalue weighted by molar-refractivity contribution is 5.86. The second-order valence-corrected chi connectivity index (χ2v) is 5.13. The Balaban J connectivity index is 2.10. The first-order valence-electron chi connectivity index (χ1n) is 6.44. The highest BCUT2D eigenvalue weighted by Gasteiger charge is 2.23. The summed E-state index contributed by atoms with van der Waals surface area (Å²) in [6, 6.07) is 3.78. The van der Waals surface area contributed by atoms with E-state index in [9.17, 15) is 4.79 Å². The summed E-state index contributed by atoms with van der Waals surface area (Å²) < 4.78 is 0. The number of hydrogen-bond acceptors (Lipinski definition) is 5. The average Bonchev–Trinajstić information content (AvgIpc) is 2.36. The molecule has 1 saturated heterocycles. The summed E-state index contributed by atoms with van der Waals surface area (Å²) in [5.41, 5.74) is 6.34. The van der Waals surface area contributed by atoms with Crippen LogP contribution in [0.15, 0.2) is 12.1 Å². The third-order valence-corrected chi connectivity index (χ3v) is 3.69. The number of likely N-dealkylation sites (tertiary alicyclic amines) is 1. The lowest BCUT2D eigenvalue weighted by atomic mass is 9.99. The number of nitrogen functional groups attached to an aromatic ring is 1. The predicted octanol–water partition coefficient (Wildman–Crippen LogP) is 1.26. The van der Waals surface area contributed by atoms with Crippen LogP contribution in [0, 0.1) is 0 Å². The molecule has 1 aliphatic rings. The van der Waals surface area contributed by atoms with Crippen molar-refractivity contribution in [3.8, 4) is 0 Å². The van der Waals surface area contributed by atoms with E-state index < -0.39 is 5.97 Å². The van der Waals surface area contributed by atoms with Crippen molar-refractivity contribution in [2.75, 3.05) is 24.6 Å². The maximum Gasteiger partial charge on any atom is 0.354 e. The highest BCUT2D eigenvalue weighted by Crippen LogP contribution is 2.22. The number of aromatic carboxylic acids is 1. The van der Waals surface area contributed by atoms with Gasteiger partial charge in [0.25, 0.3) is 0 Å². The molecule has 0 radical (unpaired) electrons. The second kappa shape index (κ2) is 5.44. The van der Waals surface area contributed by atoms with Gasteiger partial charge in [0.15, 0.2) is 5.69 Å². The van der Waals surface area contributed by atoms with Crippen LogP contribution < -0.4 is 11.1 Å². The Labute approximate surface area is 112 Å². The van der Waals surface area contributed by atoms with Crippen molar-refractivity contribution in [1.82, 2.24) is 9.88 Å². The largest absolute Gasteiger partial charge is 0.477 e. The molecule has 19 heavy (non-hydrogen) atoms. The lowest BCUT2D eigenvalue weighted by Gasteiger charge is -2.35. The van der Waals surface area contributed by atoms with Gasteiger partial charge in [0, 0.05) is 18.6 Å². The van der Waals surface area contributed by atoms with Crippen LogP contribution in [0.4, 0.5) is 11.5 Å². The molecule has 1 aromatic rings. The zero-order valence-electron chi connectivity index (χ0n) is 11.3. The van der Waals surface area contributed by atoms with Crippen LogP contribution in [0.2, 0.25) is 0 Å². The number of nitrogens with one attached hydrogen (secondary N) is 1. The van der Waals surface area contributed by atoms with Gasteiger partial charge in [-0.15, -0.1) is 0 Å². The standard InChI is InChI=1S/C13H20N4O2/c1-8-7-9(5-6-17(8)2)15-12-10(14)3-4-11(16-12)13(18)19/h3-4,8-9H,5-7,14H2,1-2H3,(H,15,16)(H,18,19). The summed E-state index contributed by atoms with van der Waals surface area (Å²) in [5.74, 6) is -0.568. The van der Waals surface area contributed by atoms with Crippen LogP contribution in [0.1, 0.15) is 30.3 Å². The molecule has 0 aliphatic carbocycles. The first kappa shape index (κ1) is 13.6. The maximum atomic E-state index is 10.9. The average molecular weight is 264 g/mol. The smallest absolute Gasteiger partial charge is 0.354 e. The molecule has 0 aromatic carbocycles. The number of carboxylic acids is 1. The van der Waals surface area contributed by atoms with Gasteiger partial charge < -0.3 is 21.1 Å². The fourth-order valence-electron chi connectivity index (χ4n) is 2.32. The first-order chi connectivity index (χ1) is 8.97. The summed E-state index contributed by atoms with van der Waals surface area (Å²) >= 11 is 0. The van der Waals surface area contributed by atoms with Crippen molar-refractivity contribution in [2.45, 2.75) is 31.8 Å². The lowest BCUT2D eigenvalue weighted by Crippen LogP contribution is -2.42. The Morgan fingerprint density at radius 3 is 2.95 bits per heavy atom. The molecule has 0 spiro atoms. The van der Waals surface area contributed by atoms with E-state index >= 15 is 0 Å². The van der Waals surface area contributed by atoms with Crippen molar-refractivity contribution in [3.05, 3.63) is 17.8 Å². The number of aromatic nitrogens is 1. The molecule has 1 fully saturated rings. The van der Waals surface area contributed by atoms with Crippen LogP contribution in [-0.4, -0.2) is 46.6 Å². The molecule has 0 saturated carbocycles. The van der Waals surface area contributed by atoms with E-state index in [1.54, 1.807) is 6.07 Å². The van der Waals surface area contributed by atoms with E-state index in [0.29, 0.717) is 17.5 Å². The Morgan fingerprint density at radius 2 is 2.32 bits per heavy atom. The summed E-state index contributed by atoms with van der Waals surface area (Å²) in [6.07, 6.45) is 1.99. The zero-order valence-corrected chi connectivity index (χ0v) is 11.3. The molecule has 0 bridgehead atoms. The number of piperidine rings is 1. The fourth-order valence-corrected chi connectivity index (χ4v) is 2.32. The lowest BCUT2D eigenvalue weighted by molar-refractivity contribution is 0.0690. The van der Waals surface area contributed by atoms with Crippen molar-refractivity contribution in [1.29, 1.82) is 0 Å². The summed E-state index contributed by atoms with van der Waals surface area (Å²) in [7, 11) is 2.11. The SMILES string of the molecule is CC1CC(Nc2nc(C(=O)O)ccc2N)CCN1C. The Morgan fingerprint density at radius 1 is 1.58 bits per heavy atom. The van der Waals surface area contributed by atoms with Gasteiger partial charge in [-0.3, -0.25) is 0 Å². The minimum Gasteiger partial charge on any atom is -0.477 e. The van der Waals surface area contributed by atoms with Crippen LogP contribution in [-0.2, 0) is 0 Å². The van der Waals surface area contributed by atoms with E-state index in [-0.39, 0.29) is 11.7 Å². The third-order valence-electron chi connectivity index (χ3n) is 3.69. The van der Waals surface area contributed by atoms with Gasteiger partial charge in [-0.05, 0) is 38.9 Å². The number of nitrogens with two attached hydrogens (primary N) is 1. The second-order valence-electron chi connectivity index (χ2n) is 5.13. The van der Waals surface area contributed by atoms with Crippen molar-refractivity contribution >= 4 is 17.5 Å². The zero-order chi connectivity index (χ0) is 14.0. The third kappa shape index (κ3) is 3.14. The number of pyridine rings is 1. The van der Waals surface area contributed by atoms with Crippen LogP contribution in [0.25, 0.3) is 0 Å². The van der Waals surface area contributed by atoms with E-state index in [1.807, 2.05) is 0 Å². The Bertz CT molecular complexity index is 478. The molecule has 2 atom stereocenters. The van der Waals surface area contributed by atoms with E-state index in [0.717, 1.165) is 19.4 Å². The molecular weight excluding hydrogens is 244 g/mol. The van der Waals surface area contributed by atoms with E-state index in [1.165, 1.54) is 6.07 Å². The number of anilines is 2. The van der Waals surface area contributed by atoms with Crippen LogP contribution >= 0.6 is 0 Å². The van der Waals surface area contributed by atoms with E-state index in [4.69, 9.17) is 10.8 Å². The number of hydrogen-bond donors (Lipinski definition) is 3. The number of nitrogens with zero attached hydrogens (tertiary/aromatic N) is 2. The molecule has 1 aliphatic heterocycles. The highest BCUT2D eigenvalue weighted by atomic mass is 16.4. The maximum absolute atomic E-state index is 10.9. The number of rotatable bonds is 3. The van der Waals surface area contributed by atoms with Gasteiger partial charge >= 0.3 is 5.97 Å².